The van der Waals surface area contributed by atoms with Gasteiger partial charge in [-0.1, -0.05) is 48.0 Å². The van der Waals surface area contributed by atoms with Gasteiger partial charge in [-0.2, -0.15) is 5.10 Å². The van der Waals surface area contributed by atoms with Crippen LogP contribution in [0.4, 0.5) is 0 Å². The highest BCUT2D eigenvalue weighted by Crippen LogP contribution is 2.28. The Morgan fingerprint density at radius 1 is 1.14 bits per heavy atom. The third-order valence-corrected chi connectivity index (χ3v) is 6.23. The number of nitrogens with zero attached hydrogens (tertiary/aromatic N) is 2. The van der Waals surface area contributed by atoms with Crippen LogP contribution < -0.4 is 0 Å². The molecule has 0 saturated heterocycles. The number of hydrogen-bond acceptors (Lipinski definition) is 4. The summed E-state index contributed by atoms with van der Waals surface area (Å²) in [6.07, 6.45) is 0. The number of aromatic nitrogens is 2. The van der Waals surface area contributed by atoms with Gasteiger partial charge in [0.15, 0.2) is 15.0 Å². The summed E-state index contributed by atoms with van der Waals surface area (Å²) < 4.78 is 31.2. The number of hydrogen-bond donors (Lipinski definition) is 0. The Kier molecular flexibility index (Phi) is 6.03. The van der Waals surface area contributed by atoms with E-state index in [1.165, 1.54) is 7.11 Å². The maximum Gasteiger partial charge on any atom is 0.180 e. The lowest BCUT2D eigenvalue weighted by molar-refractivity contribution is 0.217. The molecule has 5 nitrogen and oxygen atoms in total. The van der Waals surface area contributed by atoms with Crippen LogP contribution in [-0.2, 0) is 14.6 Å². The van der Waals surface area contributed by atoms with E-state index < -0.39 is 9.84 Å². The van der Waals surface area contributed by atoms with E-state index in [2.05, 4.69) is 11.7 Å². The summed E-state index contributed by atoms with van der Waals surface area (Å²) in [5.74, 6) is -0.0539. The second-order valence-corrected chi connectivity index (χ2v) is 8.92. The third kappa shape index (κ3) is 4.35. The molecular weight excluding hydrogens is 396 g/mol. The van der Waals surface area contributed by atoms with Crippen LogP contribution in [0.1, 0.15) is 12.5 Å². The molecule has 1 heterocycles. The van der Waals surface area contributed by atoms with Crippen molar-refractivity contribution in [3.05, 3.63) is 71.9 Å². The fraction of sp³-hybridized carbons (Fsp3) is 0.190. The monoisotopic (exact) mass is 416 g/mol. The molecule has 7 heteroatoms. The van der Waals surface area contributed by atoms with Gasteiger partial charge in [0.05, 0.1) is 28.6 Å². The molecule has 0 unspecified atom stereocenters. The zero-order chi connectivity index (χ0) is 20.3. The second kappa shape index (κ2) is 8.31. The van der Waals surface area contributed by atoms with Crippen LogP contribution in [0.2, 0.25) is 5.15 Å². The molecule has 0 fully saturated rings. The lowest BCUT2D eigenvalue weighted by Crippen LogP contribution is -2.11. The minimum Gasteiger partial charge on any atom is -0.384 e. The maximum atomic E-state index is 12.3. The Balaban J connectivity index is 1.96. The Bertz CT molecular complexity index is 1090. The zero-order valence-corrected chi connectivity index (χ0v) is 17.3. The van der Waals surface area contributed by atoms with E-state index >= 15 is 0 Å². The molecule has 0 N–H and O–H groups in total. The van der Waals surface area contributed by atoms with Crippen molar-refractivity contribution in [3.8, 4) is 16.9 Å². The molecule has 0 radical (unpaired) electrons. The van der Waals surface area contributed by atoms with Gasteiger partial charge in [0, 0.05) is 18.7 Å². The van der Waals surface area contributed by atoms with Gasteiger partial charge in [-0.25, -0.2) is 13.1 Å². The largest absolute Gasteiger partial charge is 0.384 e. The molecule has 28 heavy (non-hydrogen) atoms. The van der Waals surface area contributed by atoms with E-state index in [1.807, 2.05) is 31.2 Å². The highest BCUT2D eigenvalue weighted by Gasteiger charge is 2.16. The number of benzene rings is 2. The van der Waals surface area contributed by atoms with E-state index in [0.717, 1.165) is 28.1 Å². The molecule has 0 atom stereocenters. The molecule has 2 aromatic carbocycles. The van der Waals surface area contributed by atoms with Crippen LogP contribution in [0.25, 0.3) is 22.5 Å². The molecule has 0 amide bonds. The zero-order valence-electron chi connectivity index (χ0n) is 15.7. The van der Waals surface area contributed by atoms with Crippen molar-refractivity contribution in [2.75, 3.05) is 19.5 Å². The molecule has 0 saturated carbocycles. The van der Waals surface area contributed by atoms with Gasteiger partial charge >= 0.3 is 0 Å². The van der Waals surface area contributed by atoms with Crippen LogP contribution in [-0.4, -0.2) is 37.7 Å². The average Bonchev–Trinajstić information content (AvgIpc) is 3.08. The fourth-order valence-corrected chi connectivity index (χ4v) is 4.14. The molecule has 1 aromatic heterocycles. The maximum absolute atomic E-state index is 12.3. The predicted octanol–water partition coefficient (Wildman–Crippen LogP) is 4.65. The first kappa shape index (κ1) is 20.3. The smallest absolute Gasteiger partial charge is 0.180 e. The second-order valence-electron chi connectivity index (χ2n) is 6.43. The molecule has 3 aromatic rings. The first-order valence-electron chi connectivity index (χ1n) is 8.66. The molecule has 0 bridgehead atoms. The van der Waals surface area contributed by atoms with Gasteiger partial charge in [0.1, 0.15) is 0 Å². The van der Waals surface area contributed by atoms with Gasteiger partial charge in [-0.15, -0.1) is 0 Å². The van der Waals surface area contributed by atoms with Crippen molar-refractivity contribution in [3.63, 3.8) is 0 Å². The fourth-order valence-electron chi connectivity index (χ4n) is 2.79. The SMILES string of the molecule is C=C(C)c1ccc(-n2nc(Cl)cc2-c2ccc(S(=O)(=O)CCOC)cc2)cc1. The summed E-state index contributed by atoms with van der Waals surface area (Å²) in [5.41, 5.74) is 4.47. The van der Waals surface area contributed by atoms with E-state index in [4.69, 9.17) is 16.3 Å². The highest BCUT2D eigenvalue weighted by atomic mass is 35.5. The normalized spacial score (nSPS) is 11.5. The summed E-state index contributed by atoms with van der Waals surface area (Å²) in [5, 5.41) is 4.73. The quantitative estimate of drug-likeness (QED) is 0.562. The van der Waals surface area contributed by atoms with Crippen LogP contribution in [0.15, 0.2) is 66.1 Å². The van der Waals surface area contributed by atoms with Crippen molar-refractivity contribution >= 4 is 27.0 Å². The molecular formula is C21H21ClN2O3S. The van der Waals surface area contributed by atoms with Crippen LogP contribution in [0.3, 0.4) is 0 Å². The van der Waals surface area contributed by atoms with Crippen molar-refractivity contribution in [1.82, 2.24) is 9.78 Å². The van der Waals surface area contributed by atoms with Crippen LogP contribution >= 0.6 is 11.6 Å². The average molecular weight is 417 g/mol. The van der Waals surface area contributed by atoms with Gasteiger partial charge in [-0.05, 0) is 36.8 Å². The van der Waals surface area contributed by atoms with E-state index in [1.54, 1.807) is 35.0 Å². The summed E-state index contributed by atoms with van der Waals surface area (Å²) >= 11 is 6.15. The van der Waals surface area contributed by atoms with Gasteiger partial charge in [0.2, 0.25) is 0 Å². The number of rotatable bonds is 7. The van der Waals surface area contributed by atoms with Crippen molar-refractivity contribution in [2.24, 2.45) is 0 Å². The Morgan fingerprint density at radius 2 is 1.79 bits per heavy atom. The molecule has 146 valence electrons. The number of methoxy groups -OCH3 is 1. The number of ether oxygens (including phenoxy) is 1. The number of allylic oxidation sites excluding steroid dienone is 1. The Labute approximate surface area is 170 Å². The van der Waals surface area contributed by atoms with Gasteiger partial charge in [-0.3, -0.25) is 0 Å². The lowest BCUT2D eigenvalue weighted by Gasteiger charge is -2.10. The summed E-state index contributed by atoms with van der Waals surface area (Å²) in [6.45, 7) is 6.05. The third-order valence-electron chi connectivity index (χ3n) is 4.35. The highest BCUT2D eigenvalue weighted by molar-refractivity contribution is 7.91. The van der Waals surface area contributed by atoms with E-state index in [-0.39, 0.29) is 17.3 Å². The number of sulfone groups is 1. The number of halogens is 1. The van der Waals surface area contributed by atoms with E-state index in [9.17, 15) is 8.42 Å². The Hall–Kier alpha value is -2.41. The molecule has 0 spiro atoms. The molecule has 3 rings (SSSR count). The molecule has 0 aliphatic carbocycles. The minimum absolute atomic E-state index is 0.0539. The first-order chi connectivity index (χ1) is 13.3. The topological polar surface area (TPSA) is 61.2 Å². The van der Waals surface area contributed by atoms with Gasteiger partial charge in [0.25, 0.3) is 0 Å². The van der Waals surface area contributed by atoms with Crippen LogP contribution in [0.5, 0.6) is 0 Å². The summed E-state index contributed by atoms with van der Waals surface area (Å²) in [7, 11) is -1.89. The first-order valence-corrected chi connectivity index (χ1v) is 10.7. The lowest BCUT2D eigenvalue weighted by atomic mass is 10.1. The van der Waals surface area contributed by atoms with Crippen molar-refractivity contribution in [1.29, 1.82) is 0 Å². The van der Waals surface area contributed by atoms with Crippen LogP contribution in [0, 0.1) is 0 Å². The summed E-state index contributed by atoms with van der Waals surface area (Å²) in [6, 6.07) is 16.3. The molecule has 0 aliphatic heterocycles. The van der Waals surface area contributed by atoms with E-state index in [0.29, 0.717) is 5.15 Å². The van der Waals surface area contributed by atoms with Crippen molar-refractivity contribution < 1.29 is 13.2 Å². The summed E-state index contributed by atoms with van der Waals surface area (Å²) in [4.78, 5) is 0.260. The van der Waals surface area contributed by atoms with Gasteiger partial charge < -0.3 is 4.74 Å². The standard InChI is InChI=1S/C21H21ClN2O3S/c1-15(2)16-4-8-18(9-5-16)24-20(14-21(22)23-24)17-6-10-19(11-7-17)28(25,26)13-12-27-3/h4-11,14H,1,12-13H2,2-3H3. The minimum atomic E-state index is -3.37. The predicted molar refractivity (Wildman–Crippen MR) is 113 cm³/mol. The molecule has 0 aliphatic rings. The van der Waals surface area contributed by atoms with Crippen molar-refractivity contribution in [2.45, 2.75) is 11.8 Å². The Morgan fingerprint density at radius 3 is 2.36 bits per heavy atom.